The molecule has 26 heavy (non-hydrogen) atoms. The summed E-state index contributed by atoms with van der Waals surface area (Å²) < 4.78 is 6.35. The van der Waals surface area contributed by atoms with Crippen molar-refractivity contribution in [2.75, 3.05) is 6.61 Å². The van der Waals surface area contributed by atoms with E-state index in [2.05, 4.69) is 15.6 Å². The van der Waals surface area contributed by atoms with Gasteiger partial charge in [-0.3, -0.25) is 4.79 Å². The number of aromatic nitrogens is 3. The number of amides is 1. The highest BCUT2D eigenvalue weighted by atomic mass is 16.6. The minimum Gasteiger partial charge on any atom is -0.481 e. The van der Waals surface area contributed by atoms with Crippen LogP contribution in [0.2, 0.25) is 0 Å². The minimum atomic E-state index is -1.43. The molecule has 2 atom stereocenters. The monoisotopic (exact) mass is 372 g/mol. The van der Waals surface area contributed by atoms with E-state index in [0.29, 0.717) is 5.69 Å². The second kappa shape index (κ2) is 9.13. The number of nitrogens with zero attached hydrogens (tertiary/aromatic N) is 3. The number of hydrogen-bond donors (Lipinski definition) is 4. The third kappa shape index (κ3) is 7.47. The van der Waals surface area contributed by atoms with Gasteiger partial charge in [0.25, 0.3) is 0 Å². The molecular formula is C15H24N4O7. The van der Waals surface area contributed by atoms with Crippen LogP contribution in [0.3, 0.4) is 0 Å². The number of carbonyl (C=O) groups excluding carboxylic acids is 1. The van der Waals surface area contributed by atoms with Gasteiger partial charge in [-0.25, -0.2) is 14.3 Å². The number of carbonyl (C=O) groups is 3. The Balaban J connectivity index is 2.78. The average molecular weight is 372 g/mol. The van der Waals surface area contributed by atoms with Gasteiger partial charge in [0, 0.05) is 12.6 Å². The van der Waals surface area contributed by atoms with Crippen LogP contribution >= 0.6 is 0 Å². The van der Waals surface area contributed by atoms with Gasteiger partial charge in [-0.1, -0.05) is 5.21 Å². The molecular weight excluding hydrogens is 348 g/mol. The molecule has 0 saturated carbocycles. The molecule has 11 heteroatoms. The second-order valence-electron chi connectivity index (χ2n) is 6.71. The summed E-state index contributed by atoms with van der Waals surface area (Å²) >= 11 is 0. The maximum Gasteiger partial charge on any atom is 0.408 e. The summed E-state index contributed by atoms with van der Waals surface area (Å²) in [6, 6.07) is -1.43. The van der Waals surface area contributed by atoms with Gasteiger partial charge >= 0.3 is 18.0 Å². The molecule has 1 amide bonds. The number of hydrogen-bond acceptors (Lipinski definition) is 7. The molecule has 11 nitrogen and oxygen atoms in total. The van der Waals surface area contributed by atoms with E-state index >= 15 is 0 Å². The molecule has 0 fully saturated rings. The predicted octanol–water partition coefficient (Wildman–Crippen LogP) is -0.118. The smallest absolute Gasteiger partial charge is 0.408 e. The van der Waals surface area contributed by atoms with E-state index in [1.165, 1.54) is 10.9 Å². The lowest BCUT2D eigenvalue weighted by Crippen LogP contribution is -2.45. The Morgan fingerprint density at radius 1 is 1.27 bits per heavy atom. The number of nitrogens with one attached hydrogen (secondary N) is 1. The number of aliphatic hydroxyl groups is 1. The number of aliphatic hydroxyl groups excluding tert-OH is 1. The Kier molecular flexibility index (Phi) is 7.50. The van der Waals surface area contributed by atoms with Crippen molar-refractivity contribution in [3.8, 4) is 0 Å². The number of alkyl carbamates (subject to hydrolysis) is 1. The van der Waals surface area contributed by atoms with Crippen LogP contribution in [0.1, 0.15) is 32.9 Å². The minimum absolute atomic E-state index is 0.0689. The van der Waals surface area contributed by atoms with E-state index in [4.69, 9.17) is 9.84 Å². The molecule has 0 aliphatic rings. The van der Waals surface area contributed by atoms with Crippen LogP contribution in [0.4, 0.5) is 4.79 Å². The summed E-state index contributed by atoms with van der Waals surface area (Å²) in [5.41, 5.74) is -0.475. The Morgan fingerprint density at radius 3 is 2.42 bits per heavy atom. The lowest BCUT2D eigenvalue weighted by molar-refractivity contribution is -0.144. The van der Waals surface area contributed by atoms with Crippen molar-refractivity contribution in [1.29, 1.82) is 0 Å². The second-order valence-corrected chi connectivity index (χ2v) is 6.71. The van der Waals surface area contributed by atoms with Crippen molar-refractivity contribution in [2.45, 2.75) is 51.8 Å². The predicted molar refractivity (Wildman–Crippen MR) is 87.3 cm³/mol. The third-order valence-corrected chi connectivity index (χ3v) is 3.23. The van der Waals surface area contributed by atoms with E-state index < -0.39 is 35.6 Å². The van der Waals surface area contributed by atoms with Crippen LogP contribution in [-0.2, 0) is 27.3 Å². The quantitative estimate of drug-likeness (QED) is 0.462. The normalized spacial score (nSPS) is 13.7. The first kappa shape index (κ1) is 21.4. The van der Waals surface area contributed by atoms with E-state index in [9.17, 15) is 24.6 Å². The summed E-state index contributed by atoms with van der Waals surface area (Å²) in [5, 5.41) is 37.2. The number of carboxylic acid groups (broad SMARTS) is 2. The Bertz CT molecular complexity index is 638. The largest absolute Gasteiger partial charge is 0.481 e. The van der Waals surface area contributed by atoms with Crippen molar-refractivity contribution in [3.05, 3.63) is 11.9 Å². The Hall–Kier alpha value is -2.69. The fraction of sp³-hybridized carbons (Fsp3) is 0.667. The van der Waals surface area contributed by atoms with Crippen molar-refractivity contribution < 1.29 is 34.4 Å². The number of aliphatic carboxylic acids is 2. The fourth-order valence-corrected chi connectivity index (χ4v) is 2.12. The average Bonchev–Trinajstić information content (AvgIpc) is 2.91. The van der Waals surface area contributed by atoms with Crippen molar-refractivity contribution in [2.24, 2.45) is 5.92 Å². The molecule has 0 aliphatic carbocycles. The Labute approximate surface area is 150 Å². The number of carboxylic acids is 2. The molecule has 0 saturated heterocycles. The van der Waals surface area contributed by atoms with Gasteiger partial charge in [0.1, 0.15) is 11.6 Å². The van der Waals surface area contributed by atoms with Gasteiger partial charge in [0.05, 0.1) is 24.8 Å². The van der Waals surface area contributed by atoms with Gasteiger partial charge in [-0.15, -0.1) is 5.10 Å². The van der Waals surface area contributed by atoms with Gasteiger partial charge in [-0.2, -0.15) is 0 Å². The topological polar surface area (TPSA) is 164 Å². The van der Waals surface area contributed by atoms with Gasteiger partial charge in [0.2, 0.25) is 0 Å². The molecule has 0 spiro atoms. The summed E-state index contributed by atoms with van der Waals surface area (Å²) in [5.74, 6) is -3.70. The lowest BCUT2D eigenvalue weighted by Gasteiger charge is -2.23. The van der Waals surface area contributed by atoms with Gasteiger partial charge in [-0.05, 0) is 27.2 Å². The van der Waals surface area contributed by atoms with Gasteiger partial charge < -0.3 is 25.4 Å². The molecule has 0 aliphatic heterocycles. The SMILES string of the molecule is CC(C)(C)OC(=O)N[C@H](C[C@H](Cc1cn(CCO)nn1)C(=O)O)C(=O)O. The Morgan fingerprint density at radius 2 is 1.92 bits per heavy atom. The highest BCUT2D eigenvalue weighted by Crippen LogP contribution is 2.15. The molecule has 1 aromatic heterocycles. The van der Waals surface area contributed by atoms with E-state index in [-0.39, 0.29) is 26.0 Å². The number of ether oxygens (including phenoxy) is 1. The zero-order valence-electron chi connectivity index (χ0n) is 14.9. The molecule has 4 N–H and O–H groups in total. The molecule has 0 aromatic carbocycles. The molecule has 0 bridgehead atoms. The van der Waals surface area contributed by atoms with Crippen LogP contribution in [0.15, 0.2) is 6.20 Å². The number of rotatable bonds is 9. The summed E-state index contributed by atoms with van der Waals surface area (Å²) in [6.07, 6.45) is 0.114. The van der Waals surface area contributed by atoms with Crippen LogP contribution in [0, 0.1) is 5.92 Å². The zero-order valence-corrected chi connectivity index (χ0v) is 14.9. The molecule has 146 valence electrons. The summed E-state index contributed by atoms with van der Waals surface area (Å²) in [4.78, 5) is 34.6. The van der Waals surface area contributed by atoms with Crippen molar-refractivity contribution in [3.63, 3.8) is 0 Å². The van der Waals surface area contributed by atoms with Crippen molar-refractivity contribution in [1.82, 2.24) is 20.3 Å². The molecule has 1 aromatic rings. The van der Waals surface area contributed by atoms with Crippen LogP contribution in [-0.4, -0.2) is 66.6 Å². The first-order valence-corrected chi connectivity index (χ1v) is 7.97. The summed E-state index contributed by atoms with van der Waals surface area (Å²) in [7, 11) is 0. The van der Waals surface area contributed by atoms with E-state index in [0.717, 1.165) is 0 Å². The highest BCUT2D eigenvalue weighted by Gasteiger charge is 2.30. The maximum atomic E-state index is 11.8. The van der Waals surface area contributed by atoms with Crippen LogP contribution < -0.4 is 5.32 Å². The van der Waals surface area contributed by atoms with Crippen LogP contribution in [0.25, 0.3) is 0 Å². The summed E-state index contributed by atoms with van der Waals surface area (Å²) in [6.45, 7) is 4.93. The van der Waals surface area contributed by atoms with Crippen LogP contribution in [0.5, 0.6) is 0 Å². The molecule has 0 radical (unpaired) electrons. The molecule has 0 unspecified atom stereocenters. The maximum absolute atomic E-state index is 11.8. The zero-order chi connectivity index (χ0) is 19.9. The fourth-order valence-electron chi connectivity index (χ4n) is 2.12. The molecule has 1 heterocycles. The third-order valence-electron chi connectivity index (χ3n) is 3.23. The van der Waals surface area contributed by atoms with Crippen molar-refractivity contribution >= 4 is 18.0 Å². The standard InChI is InChI=1S/C15H24N4O7/c1-15(2,3)26-14(25)16-11(13(23)24)7-9(12(21)22)6-10-8-19(4-5-20)18-17-10/h8-9,11,20H,4-7H2,1-3H3,(H,16,25)(H,21,22)(H,23,24)/t9-,11+/m0/s1. The first-order valence-electron chi connectivity index (χ1n) is 7.97. The van der Waals surface area contributed by atoms with Gasteiger partial charge in [0.15, 0.2) is 0 Å². The highest BCUT2D eigenvalue weighted by molar-refractivity contribution is 5.81. The van der Waals surface area contributed by atoms with E-state index in [1.807, 2.05) is 0 Å². The first-order chi connectivity index (χ1) is 12.0. The van der Waals surface area contributed by atoms with E-state index in [1.54, 1.807) is 20.8 Å². The lowest BCUT2D eigenvalue weighted by atomic mass is 9.95. The molecule has 1 rings (SSSR count).